The summed E-state index contributed by atoms with van der Waals surface area (Å²) in [7, 11) is 0. The minimum Gasteiger partial charge on any atom is -0.381 e. The maximum Gasteiger partial charge on any atom is 0.0400 e. The quantitative estimate of drug-likeness (QED) is 0.900. The Bertz CT molecular complexity index is 412. The lowest BCUT2D eigenvalue weighted by Gasteiger charge is -2.20. The molecule has 0 aromatic carbocycles. The highest BCUT2D eigenvalue weighted by molar-refractivity contribution is 5.44. The van der Waals surface area contributed by atoms with E-state index in [9.17, 15) is 0 Å². The van der Waals surface area contributed by atoms with Crippen LogP contribution in [-0.2, 0) is 0 Å². The molecule has 1 unspecified atom stereocenters. The summed E-state index contributed by atoms with van der Waals surface area (Å²) in [4.78, 5) is 6.90. The fraction of sp³-hybridized carbons (Fsp3) is 0.688. The van der Waals surface area contributed by atoms with E-state index in [1.165, 1.54) is 57.4 Å². The maximum atomic E-state index is 4.25. The van der Waals surface area contributed by atoms with Gasteiger partial charge < -0.3 is 10.2 Å². The van der Waals surface area contributed by atoms with Gasteiger partial charge in [0.2, 0.25) is 0 Å². The predicted octanol–water partition coefficient (Wildman–Crippen LogP) is 3.07. The van der Waals surface area contributed by atoms with Crippen LogP contribution < -0.4 is 5.32 Å². The number of hydrogen-bond acceptors (Lipinski definition) is 3. The molecule has 2 heterocycles. The topological polar surface area (TPSA) is 28.2 Å². The lowest BCUT2D eigenvalue weighted by molar-refractivity contribution is 0.278. The third-order valence-electron chi connectivity index (χ3n) is 4.53. The second kappa shape index (κ2) is 5.91. The molecular formula is C16H25N3. The van der Waals surface area contributed by atoms with Crippen LogP contribution in [0.15, 0.2) is 18.3 Å². The molecule has 104 valence electrons. The Morgan fingerprint density at radius 3 is 2.95 bits per heavy atom. The number of nitrogens with zero attached hydrogens (tertiary/aromatic N) is 2. The molecule has 1 aromatic rings. The monoisotopic (exact) mass is 259 g/mol. The lowest BCUT2D eigenvalue weighted by atomic mass is 10.1. The molecule has 0 spiro atoms. The van der Waals surface area contributed by atoms with E-state index in [1.54, 1.807) is 0 Å². The molecule has 2 fully saturated rings. The zero-order chi connectivity index (χ0) is 13.1. The summed E-state index contributed by atoms with van der Waals surface area (Å²) in [6, 6.07) is 4.83. The second-order valence-electron chi connectivity index (χ2n) is 6.23. The fourth-order valence-electron chi connectivity index (χ4n) is 3.55. The molecule has 0 bridgehead atoms. The normalized spacial score (nSPS) is 25.0. The predicted molar refractivity (Wildman–Crippen MR) is 79.4 cm³/mol. The van der Waals surface area contributed by atoms with Gasteiger partial charge >= 0.3 is 0 Å². The highest BCUT2D eigenvalue weighted by Crippen LogP contribution is 2.27. The van der Waals surface area contributed by atoms with Crippen LogP contribution in [0.4, 0.5) is 5.69 Å². The van der Waals surface area contributed by atoms with E-state index in [2.05, 4.69) is 27.3 Å². The molecule has 1 saturated carbocycles. The molecule has 19 heavy (non-hydrogen) atoms. The van der Waals surface area contributed by atoms with Crippen molar-refractivity contribution in [3.05, 3.63) is 24.0 Å². The van der Waals surface area contributed by atoms with Gasteiger partial charge in [0.05, 0.1) is 0 Å². The van der Waals surface area contributed by atoms with E-state index in [1.807, 2.05) is 13.1 Å². The fourth-order valence-corrected chi connectivity index (χ4v) is 3.55. The third-order valence-corrected chi connectivity index (χ3v) is 4.53. The molecule has 3 nitrogen and oxygen atoms in total. The van der Waals surface area contributed by atoms with Crippen molar-refractivity contribution in [2.45, 2.75) is 45.1 Å². The van der Waals surface area contributed by atoms with Crippen molar-refractivity contribution >= 4 is 5.69 Å². The Morgan fingerprint density at radius 1 is 1.32 bits per heavy atom. The van der Waals surface area contributed by atoms with Crippen LogP contribution in [0.2, 0.25) is 0 Å². The second-order valence-corrected chi connectivity index (χ2v) is 6.23. The molecular weight excluding hydrogens is 234 g/mol. The highest BCUT2D eigenvalue weighted by Gasteiger charge is 2.25. The lowest BCUT2D eigenvalue weighted by Crippen LogP contribution is -2.29. The molecule has 1 aliphatic carbocycles. The molecule has 3 rings (SSSR count). The van der Waals surface area contributed by atoms with Crippen LogP contribution in [-0.4, -0.2) is 35.6 Å². The Morgan fingerprint density at radius 2 is 2.16 bits per heavy atom. The van der Waals surface area contributed by atoms with E-state index in [0.717, 1.165) is 11.6 Å². The number of aromatic nitrogens is 1. The van der Waals surface area contributed by atoms with Crippen molar-refractivity contribution in [1.29, 1.82) is 0 Å². The van der Waals surface area contributed by atoms with Crippen LogP contribution in [0.5, 0.6) is 0 Å². The Hall–Kier alpha value is -1.09. The van der Waals surface area contributed by atoms with E-state index < -0.39 is 0 Å². The minimum atomic E-state index is 0.614. The molecule has 1 N–H and O–H groups in total. The Balaban J connectivity index is 1.48. The molecule has 2 aliphatic rings. The largest absolute Gasteiger partial charge is 0.381 e. The summed E-state index contributed by atoms with van der Waals surface area (Å²) >= 11 is 0. The molecule has 1 saturated heterocycles. The first-order valence-electron chi connectivity index (χ1n) is 7.71. The zero-order valence-corrected chi connectivity index (χ0v) is 11.9. The number of rotatable bonds is 4. The van der Waals surface area contributed by atoms with Crippen molar-refractivity contribution in [3.63, 3.8) is 0 Å². The van der Waals surface area contributed by atoms with E-state index in [-0.39, 0.29) is 0 Å². The van der Waals surface area contributed by atoms with Crippen molar-refractivity contribution < 1.29 is 0 Å². The van der Waals surface area contributed by atoms with Crippen LogP contribution in [0.1, 0.15) is 37.8 Å². The summed E-state index contributed by atoms with van der Waals surface area (Å²) in [5.74, 6) is 0.974. The first-order valence-corrected chi connectivity index (χ1v) is 7.71. The number of nitrogens with one attached hydrogen (secondary N) is 1. The summed E-state index contributed by atoms with van der Waals surface area (Å²) in [6.07, 6.45) is 8.99. The van der Waals surface area contributed by atoms with Gasteiger partial charge in [-0.3, -0.25) is 4.98 Å². The molecule has 1 atom stereocenters. The van der Waals surface area contributed by atoms with Crippen LogP contribution >= 0.6 is 0 Å². The maximum absolute atomic E-state index is 4.25. The third kappa shape index (κ3) is 3.47. The van der Waals surface area contributed by atoms with E-state index in [4.69, 9.17) is 0 Å². The van der Waals surface area contributed by atoms with Gasteiger partial charge in [-0.05, 0) is 44.2 Å². The summed E-state index contributed by atoms with van der Waals surface area (Å²) in [5, 5.41) is 3.65. The molecule has 0 radical (unpaired) electrons. The smallest absolute Gasteiger partial charge is 0.0400 e. The van der Waals surface area contributed by atoms with Gasteiger partial charge in [-0.1, -0.05) is 12.8 Å². The van der Waals surface area contributed by atoms with Gasteiger partial charge in [0.1, 0.15) is 0 Å². The number of aryl methyl sites for hydroxylation is 1. The van der Waals surface area contributed by atoms with Crippen LogP contribution in [0.3, 0.4) is 0 Å². The standard InChI is InChI=1S/C16H25N3/c1-13-10-15(6-8-17-13)18-16-7-9-19(12-16)11-14-4-2-3-5-14/h6,8,10,14,16H,2-5,7,9,11-12H2,1H3,(H,17,18). The molecule has 0 amide bonds. The minimum absolute atomic E-state index is 0.614. The van der Waals surface area contributed by atoms with Crippen molar-refractivity contribution in [2.75, 3.05) is 25.0 Å². The van der Waals surface area contributed by atoms with E-state index >= 15 is 0 Å². The average molecular weight is 259 g/mol. The summed E-state index contributed by atoms with van der Waals surface area (Å²) in [6.45, 7) is 5.84. The zero-order valence-electron chi connectivity index (χ0n) is 11.9. The van der Waals surface area contributed by atoms with Crippen LogP contribution in [0.25, 0.3) is 0 Å². The van der Waals surface area contributed by atoms with Gasteiger partial charge in [-0.25, -0.2) is 0 Å². The first-order chi connectivity index (χ1) is 9.29. The molecule has 1 aromatic heterocycles. The number of pyridine rings is 1. The Labute approximate surface area is 116 Å². The van der Waals surface area contributed by atoms with Crippen LogP contribution in [0, 0.1) is 12.8 Å². The SMILES string of the molecule is Cc1cc(NC2CCN(CC3CCCC3)C2)ccn1. The summed E-state index contributed by atoms with van der Waals surface area (Å²) < 4.78 is 0. The van der Waals surface area contributed by atoms with Gasteiger partial charge in [-0.15, -0.1) is 0 Å². The first kappa shape index (κ1) is 12.9. The van der Waals surface area contributed by atoms with Gasteiger partial charge in [0.25, 0.3) is 0 Å². The van der Waals surface area contributed by atoms with Gasteiger partial charge in [0, 0.05) is 43.3 Å². The number of likely N-dealkylation sites (tertiary alicyclic amines) is 1. The molecule has 1 aliphatic heterocycles. The van der Waals surface area contributed by atoms with Crippen molar-refractivity contribution in [1.82, 2.24) is 9.88 Å². The average Bonchev–Trinajstić information content (AvgIpc) is 3.02. The Kier molecular flexibility index (Phi) is 4.02. The number of hydrogen-bond donors (Lipinski definition) is 1. The van der Waals surface area contributed by atoms with Crippen molar-refractivity contribution in [2.24, 2.45) is 5.92 Å². The summed E-state index contributed by atoms with van der Waals surface area (Å²) in [5.41, 5.74) is 2.31. The van der Waals surface area contributed by atoms with E-state index in [0.29, 0.717) is 6.04 Å². The number of anilines is 1. The van der Waals surface area contributed by atoms with Gasteiger partial charge in [0.15, 0.2) is 0 Å². The van der Waals surface area contributed by atoms with Gasteiger partial charge in [-0.2, -0.15) is 0 Å². The highest BCUT2D eigenvalue weighted by atomic mass is 15.2. The molecule has 3 heteroatoms. The van der Waals surface area contributed by atoms with Crippen molar-refractivity contribution in [3.8, 4) is 0 Å².